The second-order valence-electron chi connectivity index (χ2n) is 3.67. The number of aryl methyl sites for hydroxylation is 1. The molecule has 0 aliphatic carbocycles. The fourth-order valence-electron chi connectivity index (χ4n) is 1.59. The van der Waals surface area contributed by atoms with Gasteiger partial charge in [-0.15, -0.1) is 11.3 Å². The van der Waals surface area contributed by atoms with Crippen LogP contribution in [0.1, 0.15) is 23.5 Å². The maximum Gasteiger partial charge on any atom is 0.123 e. The third kappa shape index (κ3) is 2.39. The Labute approximate surface area is 98.2 Å². The molecule has 16 heavy (non-hydrogen) atoms. The molecule has 4 heteroatoms. The lowest BCUT2D eigenvalue weighted by Crippen LogP contribution is -2.06. The first-order chi connectivity index (χ1) is 7.66. The van der Waals surface area contributed by atoms with Gasteiger partial charge in [0.2, 0.25) is 0 Å². The Hall–Kier alpha value is -1.42. The van der Waals surface area contributed by atoms with Gasteiger partial charge >= 0.3 is 0 Å². The third-order valence-electron chi connectivity index (χ3n) is 2.40. The van der Waals surface area contributed by atoms with Gasteiger partial charge in [0.15, 0.2) is 0 Å². The van der Waals surface area contributed by atoms with E-state index in [1.165, 1.54) is 17.0 Å². The molecule has 84 valence electrons. The van der Waals surface area contributed by atoms with E-state index < -0.39 is 0 Å². The molecule has 1 aromatic carbocycles. The monoisotopic (exact) mass is 236 g/mol. The number of benzene rings is 1. The molecule has 1 atom stereocenters. The fourth-order valence-corrected chi connectivity index (χ4v) is 2.40. The molecular formula is C12H13FN2S. The van der Waals surface area contributed by atoms with Crippen molar-refractivity contribution in [2.45, 2.75) is 19.9 Å². The number of anilines is 1. The minimum Gasteiger partial charge on any atom is -0.378 e. The highest BCUT2D eigenvalue weighted by molar-refractivity contribution is 7.09. The lowest BCUT2D eigenvalue weighted by molar-refractivity contribution is 0.628. The Balaban J connectivity index is 2.10. The van der Waals surface area contributed by atoms with E-state index in [2.05, 4.69) is 17.2 Å². The van der Waals surface area contributed by atoms with Crippen molar-refractivity contribution in [2.24, 2.45) is 0 Å². The zero-order valence-electron chi connectivity index (χ0n) is 9.20. The van der Waals surface area contributed by atoms with Gasteiger partial charge in [-0.25, -0.2) is 9.37 Å². The Morgan fingerprint density at radius 3 is 2.56 bits per heavy atom. The highest BCUT2D eigenvalue weighted by Crippen LogP contribution is 2.24. The molecule has 0 aliphatic rings. The van der Waals surface area contributed by atoms with E-state index in [4.69, 9.17) is 0 Å². The number of hydrogen-bond donors (Lipinski definition) is 1. The van der Waals surface area contributed by atoms with Crippen molar-refractivity contribution in [1.82, 2.24) is 4.98 Å². The van der Waals surface area contributed by atoms with E-state index >= 15 is 0 Å². The summed E-state index contributed by atoms with van der Waals surface area (Å²) in [4.78, 5) is 5.42. The summed E-state index contributed by atoms with van der Waals surface area (Å²) in [6.07, 6.45) is 0. The normalized spacial score (nSPS) is 12.4. The van der Waals surface area contributed by atoms with Gasteiger partial charge in [-0.2, -0.15) is 0 Å². The number of thiazole rings is 1. The zero-order valence-corrected chi connectivity index (χ0v) is 10.0. The van der Waals surface area contributed by atoms with Crippen LogP contribution in [0.4, 0.5) is 10.1 Å². The molecule has 0 bridgehead atoms. The predicted molar refractivity (Wildman–Crippen MR) is 65.3 cm³/mol. The molecule has 2 aromatic rings. The number of halogens is 1. The highest BCUT2D eigenvalue weighted by atomic mass is 32.1. The van der Waals surface area contributed by atoms with E-state index in [0.717, 1.165) is 11.4 Å². The molecule has 0 amide bonds. The van der Waals surface area contributed by atoms with Gasteiger partial charge in [-0.3, -0.25) is 0 Å². The lowest BCUT2D eigenvalue weighted by Gasteiger charge is -2.14. The summed E-state index contributed by atoms with van der Waals surface area (Å²) in [5.74, 6) is -0.216. The first-order valence-corrected chi connectivity index (χ1v) is 5.97. The molecular weight excluding hydrogens is 223 g/mol. The Kier molecular flexibility index (Phi) is 3.19. The minimum absolute atomic E-state index is 0.193. The Morgan fingerprint density at radius 2 is 2.00 bits per heavy atom. The van der Waals surface area contributed by atoms with E-state index in [0.29, 0.717) is 0 Å². The summed E-state index contributed by atoms with van der Waals surface area (Å²) < 4.78 is 12.7. The van der Waals surface area contributed by atoms with Gasteiger partial charge in [0.1, 0.15) is 5.82 Å². The number of nitrogens with zero attached hydrogens (tertiary/aromatic N) is 1. The topological polar surface area (TPSA) is 24.9 Å². The quantitative estimate of drug-likeness (QED) is 0.877. The van der Waals surface area contributed by atoms with Crippen LogP contribution in [0.15, 0.2) is 29.8 Å². The summed E-state index contributed by atoms with van der Waals surface area (Å²) in [7, 11) is 0. The van der Waals surface area contributed by atoms with Crippen molar-refractivity contribution in [1.29, 1.82) is 0 Å². The fraction of sp³-hybridized carbons (Fsp3) is 0.250. The van der Waals surface area contributed by atoms with Crippen molar-refractivity contribution in [3.63, 3.8) is 0 Å². The second-order valence-corrected chi connectivity index (χ2v) is 4.56. The molecule has 0 spiro atoms. The van der Waals surface area contributed by atoms with Gasteiger partial charge in [0, 0.05) is 10.6 Å². The molecule has 1 unspecified atom stereocenters. The van der Waals surface area contributed by atoms with Gasteiger partial charge in [-0.05, 0) is 38.1 Å². The number of aromatic nitrogens is 1. The summed E-state index contributed by atoms with van der Waals surface area (Å²) in [6.45, 7) is 4.07. The largest absolute Gasteiger partial charge is 0.378 e. The second kappa shape index (κ2) is 4.61. The minimum atomic E-state index is -0.216. The first kappa shape index (κ1) is 11.1. The maximum absolute atomic E-state index is 12.7. The van der Waals surface area contributed by atoms with Crippen LogP contribution in [-0.2, 0) is 0 Å². The van der Waals surface area contributed by atoms with Crippen LogP contribution in [0.5, 0.6) is 0 Å². The summed E-state index contributed by atoms with van der Waals surface area (Å²) in [5, 5.41) is 3.32. The number of rotatable bonds is 3. The summed E-state index contributed by atoms with van der Waals surface area (Å²) in [6, 6.07) is 6.58. The van der Waals surface area contributed by atoms with E-state index in [-0.39, 0.29) is 11.9 Å². The molecule has 0 fully saturated rings. The molecule has 0 aliphatic heterocycles. The summed E-state index contributed by atoms with van der Waals surface area (Å²) >= 11 is 1.63. The van der Waals surface area contributed by atoms with Gasteiger partial charge in [-0.1, -0.05) is 0 Å². The van der Waals surface area contributed by atoms with Crippen LogP contribution in [0.25, 0.3) is 0 Å². The average molecular weight is 236 g/mol. The molecule has 0 saturated heterocycles. The van der Waals surface area contributed by atoms with Crippen LogP contribution >= 0.6 is 11.3 Å². The molecule has 2 nitrogen and oxygen atoms in total. The van der Waals surface area contributed by atoms with Crippen LogP contribution in [0, 0.1) is 12.7 Å². The van der Waals surface area contributed by atoms with Crippen molar-refractivity contribution in [2.75, 3.05) is 5.32 Å². The van der Waals surface area contributed by atoms with Crippen molar-refractivity contribution in [3.8, 4) is 0 Å². The molecule has 1 N–H and O–H groups in total. The third-order valence-corrected chi connectivity index (χ3v) is 3.52. The molecule has 0 radical (unpaired) electrons. The molecule has 1 aromatic heterocycles. The predicted octanol–water partition coefficient (Wildman–Crippen LogP) is 3.76. The van der Waals surface area contributed by atoms with Gasteiger partial charge in [0.05, 0.1) is 17.2 Å². The van der Waals surface area contributed by atoms with Crippen LogP contribution < -0.4 is 5.32 Å². The maximum atomic E-state index is 12.7. The van der Waals surface area contributed by atoms with Crippen LogP contribution in [0.3, 0.4) is 0 Å². The molecule has 0 saturated carbocycles. The van der Waals surface area contributed by atoms with E-state index in [1.54, 1.807) is 23.5 Å². The smallest absolute Gasteiger partial charge is 0.123 e. The highest BCUT2D eigenvalue weighted by Gasteiger charge is 2.10. The lowest BCUT2D eigenvalue weighted by atomic mass is 10.2. The van der Waals surface area contributed by atoms with Crippen molar-refractivity contribution in [3.05, 3.63) is 46.2 Å². The SMILES string of the molecule is Cc1ncsc1C(C)Nc1ccc(F)cc1. The van der Waals surface area contributed by atoms with Gasteiger partial charge < -0.3 is 5.32 Å². The molecule has 1 heterocycles. The summed E-state index contributed by atoms with van der Waals surface area (Å²) in [5.41, 5.74) is 3.81. The Bertz CT molecular complexity index is 464. The number of nitrogens with one attached hydrogen (secondary N) is 1. The standard InChI is InChI=1S/C12H13FN2S/c1-8-12(16-7-14-8)9(2)15-11-5-3-10(13)4-6-11/h3-7,9,15H,1-2H3. The van der Waals surface area contributed by atoms with Crippen molar-refractivity contribution >= 4 is 17.0 Å². The van der Waals surface area contributed by atoms with Crippen LogP contribution in [-0.4, -0.2) is 4.98 Å². The van der Waals surface area contributed by atoms with Gasteiger partial charge in [0.25, 0.3) is 0 Å². The van der Waals surface area contributed by atoms with E-state index in [1.807, 2.05) is 12.4 Å². The van der Waals surface area contributed by atoms with Crippen LogP contribution in [0.2, 0.25) is 0 Å². The molecule has 2 rings (SSSR count). The number of hydrogen-bond acceptors (Lipinski definition) is 3. The van der Waals surface area contributed by atoms with Crippen molar-refractivity contribution < 1.29 is 4.39 Å². The zero-order chi connectivity index (χ0) is 11.5. The first-order valence-electron chi connectivity index (χ1n) is 5.09. The Morgan fingerprint density at radius 1 is 1.31 bits per heavy atom. The van der Waals surface area contributed by atoms with E-state index in [9.17, 15) is 4.39 Å². The average Bonchev–Trinajstić information content (AvgIpc) is 2.68.